The molecule has 0 aliphatic heterocycles. The van der Waals surface area contributed by atoms with Gasteiger partial charge in [0.25, 0.3) is 0 Å². The van der Waals surface area contributed by atoms with Crippen molar-refractivity contribution < 1.29 is 9.90 Å². The van der Waals surface area contributed by atoms with E-state index < -0.39 is 5.97 Å². The quantitative estimate of drug-likeness (QED) is 0.896. The van der Waals surface area contributed by atoms with Crippen LogP contribution in [0.25, 0.3) is 0 Å². The highest BCUT2D eigenvalue weighted by Gasteiger charge is 2.16. The number of rotatable bonds is 4. The van der Waals surface area contributed by atoms with Crippen LogP contribution in [0.5, 0.6) is 0 Å². The number of hydrogen-bond donors (Lipinski definition) is 2. The molecular weight excluding hydrogens is 266 g/mol. The maximum Gasteiger partial charge on any atom is 0.356 e. The Morgan fingerprint density at radius 2 is 1.86 bits per heavy atom. The number of aromatic carboxylic acids is 1. The molecule has 0 unspecified atom stereocenters. The van der Waals surface area contributed by atoms with E-state index in [4.69, 9.17) is 0 Å². The molecular formula is C16H19N3O2. The Hall–Kier alpha value is -2.43. The molecule has 5 heteroatoms. The van der Waals surface area contributed by atoms with Crippen molar-refractivity contribution >= 4 is 17.3 Å². The van der Waals surface area contributed by atoms with Crippen LogP contribution >= 0.6 is 0 Å². The third kappa shape index (κ3) is 3.18. The number of nitrogens with one attached hydrogen (secondary N) is 1. The van der Waals surface area contributed by atoms with Crippen molar-refractivity contribution in [2.24, 2.45) is 0 Å². The average molecular weight is 285 g/mol. The summed E-state index contributed by atoms with van der Waals surface area (Å²) in [6.07, 6.45) is 1.54. The van der Waals surface area contributed by atoms with E-state index in [0.717, 1.165) is 16.8 Å². The van der Waals surface area contributed by atoms with Gasteiger partial charge in [-0.2, -0.15) is 0 Å². The maximum absolute atomic E-state index is 11.4. The van der Waals surface area contributed by atoms with E-state index in [1.165, 1.54) is 6.20 Å². The molecule has 0 aliphatic carbocycles. The van der Waals surface area contributed by atoms with Crippen LogP contribution < -0.4 is 5.32 Å². The summed E-state index contributed by atoms with van der Waals surface area (Å²) < 4.78 is 0. The molecule has 0 amide bonds. The summed E-state index contributed by atoms with van der Waals surface area (Å²) in [5, 5.41) is 12.5. The molecule has 1 heterocycles. The van der Waals surface area contributed by atoms with Crippen LogP contribution in [-0.4, -0.2) is 21.0 Å². The van der Waals surface area contributed by atoms with E-state index in [2.05, 4.69) is 15.3 Å². The molecule has 0 spiro atoms. The van der Waals surface area contributed by atoms with Crippen LogP contribution in [0.1, 0.15) is 47.2 Å². The number of aromatic nitrogens is 2. The fraction of sp³-hybridized carbons (Fsp3) is 0.312. The second kappa shape index (κ2) is 5.91. The number of nitrogens with zero attached hydrogens (tertiary/aromatic N) is 2. The van der Waals surface area contributed by atoms with Gasteiger partial charge in [-0.1, -0.05) is 32.0 Å². The first kappa shape index (κ1) is 15.0. The summed E-state index contributed by atoms with van der Waals surface area (Å²) >= 11 is 0. The molecule has 21 heavy (non-hydrogen) atoms. The van der Waals surface area contributed by atoms with Gasteiger partial charge in [-0.3, -0.25) is 0 Å². The molecule has 1 aromatic heterocycles. The van der Waals surface area contributed by atoms with Crippen LogP contribution in [0.3, 0.4) is 0 Å². The fourth-order valence-corrected chi connectivity index (χ4v) is 2.07. The average Bonchev–Trinajstić information content (AvgIpc) is 2.42. The number of carbonyl (C=O) groups is 1. The Bertz CT molecular complexity index is 661. The molecule has 0 saturated carbocycles. The van der Waals surface area contributed by atoms with E-state index in [0.29, 0.717) is 11.5 Å². The zero-order chi connectivity index (χ0) is 15.6. The van der Waals surface area contributed by atoms with Crippen LogP contribution in [0.15, 0.2) is 24.4 Å². The van der Waals surface area contributed by atoms with Gasteiger partial charge in [-0.05, 0) is 25.0 Å². The van der Waals surface area contributed by atoms with Crippen LogP contribution in [0.4, 0.5) is 11.4 Å². The number of para-hydroxylation sites is 1. The number of hydrogen-bond acceptors (Lipinski definition) is 4. The topological polar surface area (TPSA) is 75.1 Å². The molecule has 0 aliphatic rings. The lowest BCUT2D eigenvalue weighted by atomic mass is 10.1. The molecule has 0 radical (unpaired) electrons. The van der Waals surface area contributed by atoms with E-state index in [9.17, 15) is 9.90 Å². The normalized spacial score (nSPS) is 10.7. The minimum Gasteiger partial charge on any atom is -0.476 e. The smallest absolute Gasteiger partial charge is 0.356 e. The van der Waals surface area contributed by atoms with Crippen molar-refractivity contribution in [2.75, 3.05) is 5.32 Å². The van der Waals surface area contributed by atoms with Crippen molar-refractivity contribution in [3.63, 3.8) is 0 Å². The summed E-state index contributed by atoms with van der Waals surface area (Å²) in [6.45, 7) is 7.80. The van der Waals surface area contributed by atoms with Crippen molar-refractivity contribution in [2.45, 2.75) is 33.6 Å². The van der Waals surface area contributed by atoms with Gasteiger partial charge in [-0.25, -0.2) is 14.8 Å². The molecule has 5 nitrogen and oxygen atoms in total. The molecule has 2 rings (SSSR count). The van der Waals surface area contributed by atoms with E-state index >= 15 is 0 Å². The molecule has 110 valence electrons. The zero-order valence-electron chi connectivity index (χ0n) is 12.6. The van der Waals surface area contributed by atoms with Crippen LogP contribution in [0.2, 0.25) is 0 Å². The van der Waals surface area contributed by atoms with E-state index in [1.54, 1.807) is 0 Å². The third-order valence-corrected chi connectivity index (χ3v) is 3.27. The number of benzene rings is 1. The Morgan fingerprint density at radius 3 is 2.38 bits per heavy atom. The molecule has 1 aromatic carbocycles. The first-order chi connectivity index (χ1) is 9.90. The predicted molar refractivity (Wildman–Crippen MR) is 82.3 cm³/mol. The second-order valence-corrected chi connectivity index (χ2v) is 5.34. The first-order valence-corrected chi connectivity index (χ1v) is 6.83. The molecule has 2 aromatic rings. The van der Waals surface area contributed by atoms with Crippen LogP contribution in [-0.2, 0) is 0 Å². The molecule has 2 N–H and O–H groups in total. The van der Waals surface area contributed by atoms with Crippen molar-refractivity contribution in [3.05, 3.63) is 47.0 Å². The van der Waals surface area contributed by atoms with Gasteiger partial charge >= 0.3 is 5.97 Å². The van der Waals surface area contributed by atoms with Crippen LogP contribution in [0, 0.1) is 13.8 Å². The Labute approximate surface area is 124 Å². The van der Waals surface area contributed by atoms with Gasteiger partial charge in [0.05, 0.1) is 11.9 Å². The molecule has 0 atom stereocenters. The highest BCUT2D eigenvalue weighted by molar-refractivity contribution is 5.93. The van der Waals surface area contributed by atoms with Crippen molar-refractivity contribution in [3.8, 4) is 0 Å². The van der Waals surface area contributed by atoms with E-state index in [-0.39, 0.29) is 11.6 Å². The highest BCUT2D eigenvalue weighted by Crippen LogP contribution is 2.26. The predicted octanol–water partition coefficient (Wildman–Crippen LogP) is 3.66. The Kier molecular flexibility index (Phi) is 4.21. The van der Waals surface area contributed by atoms with Crippen molar-refractivity contribution in [1.29, 1.82) is 0 Å². The van der Waals surface area contributed by atoms with E-state index in [1.807, 2.05) is 45.9 Å². The highest BCUT2D eigenvalue weighted by atomic mass is 16.4. The first-order valence-electron chi connectivity index (χ1n) is 6.83. The lowest BCUT2D eigenvalue weighted by Gasteiger charge is -2.14. The SMILES string of the molecule is Cc1cccc(C)c1Nc1cnc(C(C)C)nc1C(=O)O. The number of carboxylic acids is 1. The minimum absolute atomic E-state index is 0.00338. The maximum atomic E-state index is 11.4. The van der Waals surface area contributed by atoms with Gasteiger partial charge in [0.15, 0.2) is 5.69 Å². The molecule has 0 fully saturated rings. The third-order valence-electron chi connectivity index (χ3n) is 3.27. The Morgan fingerprint density at radius 1 is 1.24 bits per heavy atom. The van der Waals surface area contributed by atoms with Gasteiger partial charge in [0, 0.05) is 11.6 Å². The monoisotopic (exact) mass is 285 g/mol. The zero-order valence-corrected chi connectivity index (χ0v) is 12.6. The summed E-state index contributed by atoms with van der Waals surface area (Å²) in [6, 6.07) is 5.91. The Balaban J connectivity index is 2.47. The lowest BCUT2D eigenvalue weighted by molar-refractivity contribution is 0.0691. The minimum atomic E-state index is -1.06. The lowest BCUT2D eigenvalue weighted by Crippen LogP contribution is -2.11. The second-order valence-electron chi connectivity index (χ2n) is 5.34. The fourth-order valence-electron chi connectivity index (χ4n) is 2.07. The summed E-state index contributed by atoms with van der Waals surface area (Å²) in [7, 11) is 0. The summed E-state index contributed by atoms with van der Waals surface area (Å²) in [4.78, 5) is 19.8. The van der Waals surface area contributed by atoms with Gasteiger partial charge in [0.1, 0.15) is 5.82 Å². The number of carboxylic acid groups (broad SMARTS) is 1. The van der Waals surface area contributed by atoms with Crippen molar-refractivity contribution in [1.82, 2.24) is 9.97 Å². The standard InChI is InChI=1S/C16H19N3O2/c1-9(2)15-17-8-12(14(19-15)16(20)21)18-13-10(3)6-5-7-11(13)4/h5-9,18H,1-4H3,(H,20,21). The van der Waals surface area contributed by atoms with Gasteiger partial charge < -0.3 is 10.4 Å². The summed E-state index contributed by atoms with van der Waals surface area (Å²) in [5.41, 5.74) is 3.38. The number of anilines is 2. The largest absolute Gasteiger partial charge is 0.476 e. The molecule has 0 bridgehead atoms. The number of aryl methyl sites for hydroxylation is 2. The summed E-state index contributed by atoms with van der Waals surface area (Å²) in [5.74, 6) is -0.454. The van der Waals surface area contributed by atoms with Gasteiger partial charge in [-0.15, -0.1) is 0 Å². The van der Waals surface area contributed by atoms with Gasteiger partial charge in [0.2, 0.25) is 0 Å². The molecule has 0 saturated heterocycles.